The quantitative estimate of drug-likeness (QED) is 0.367. The van der Waals surface area contributed by atoms with Crippen LogP contribution in [0.1, 0.15) is 37.6 Å². The summed E-state index contributed by atoms with van der Waals surface area (Å²) in [6.45, 7) is 11.1. The molecule has 0 amide bonds. The lowest BCUT2D eigenvalue weighted by Gasteiger charge is -2.25. The number of benzene rings is 1. The number of aryl methyl sites for hydroxylation is 1. The zero-order valence-corrected chi connectivity index (χ0v) is 18.6. The van der Waals surface area contributed by atoms with Crippen LogP contribution in [0.2, 0.25) is 0 Å². The standard InChI is InChI=1S/C21H30N4.HI/c1-5-22-20(24-15-13-18-11-8-9-14-23-18)25-16-21(3,4)19-12-7-6-10-17(19)2;/h6-12,14H,5,13,15-16H2,1-4H3,(H2,22,24,25);1H. The molecule has 26 heavy (non-hydrogen) atoms. The van der Waals surface area contributed by atoms with Crippen LogP contribution in [0.5, 0.6) is 0 Å². The van der Waals surface area contributed by atoms with Gasteiger partial charge >= 0.3 is 0 Å². The molecular weight excluding hydrogens is 435 g/mol. The number of nitrogens with zero attached hydrogens (tertiary/aromatic N) is 2. The fourth-order valence-electron chi connectivity index (χ4n) is 2.89. The van der Waals surface area contributed by atoms with Crippen LogP contribution in [0.3, 0.4) is 0 Å². The second kappa shape index (κ2) is 11.2. The predicted molar refractivity (Wildman–Crippen MR) is 122 cm³/mol. The van der Waals surface area contributed by atoms with Crippen molar-refractivity contribution in [2.75, 3.05) is 19.6 Å². The van der Waals surface area contributed by atoms with Gasteiger partial charge in [-0.15, -0.1) is 24.0 Å². The molecule has 0 atom stereocenters. The van der Waals surface area contributed by atoms with Crippen molar-refractivity contribution in [2.45, 2.75) is 39.5 Å². The topological polar surface area (TPSA) is 49.3 Å². The molecular formula is C21H31IN4. The van der Waals surface area contributed by atoms with Crippen molar-refractivity contribution in [1.82, 2.24) is 15.6 Å². The normalized spacial score (nSPS) is 11.6. The van der Waals surface area contributed by atoms with Crippen molar-refractivity contribution in [2.24, 2.45) is 4.99 Å². The average molecular weight is 466 g/mol. The Balaban J connectivity index is 0.00000338. The SMILES string of the molecule is CCNC(=NCC(C)(C)c1ccccc1C)NCCc1ccccn1.I. The number of pyridine rings is 1. The minimum Gasteiger partial charge on any atom is -0.357 e. The molecule has 5 heteroatoms. The lowest BCUT2D eigenvalue weighted by atomic mass is 9.82. The molecule has 4 nitrogen and oxygen atoms in total. The Morgan fingerprint density at radius 1 is 1.08 bits per heavy atom. The largest absolute Gasteiger partial charge is 0.357 e. The van der Waals surface area contributed by atoms with Crippen molar-refractivity contribution in [1.29, 1.82) is 0 Å². The van der Waals surface area contributed by atoms with E-state index in [1.54, 1.807) is 0 Å². The zero-order chi connectivity index (χ0) is 18.1. The van der Waals surface area contributed by atoms with Gasteiger partial charge in [0.15, 0.2) is 5.96 Å². The summed E-state index contributed by atoms with van der Waals surface area (Å²) in [5.41, 5.74) is 3.75. The summed E-state index contributed by atoms with van der Waals surface area (Å²) in [6.07, 6.45) is 2.71. The van der Waals surface area contributed by atoms with E-state index in [2.05, 4.69) is 67.6 Å². The third kappa shape index (κ3) is 6.94. The molecule has 1 heterocycles. The fourth-order valence-corrected chi connectivity index (χ4v) is 2.89. The summed E-state index contributed by atoms with van der Waals surface area (Å²) < 4.78 is 0. The van der Waals surface area contributed by atoms with Gasteiger partial charge in [0.1, 0.15) is 0 Å². The molecule has 0 unspecified atom stereocenters. The van der Waals surface area contributed by atoms with Gasteiger partial charge in [0.05, 0.1) is 6.54 Å². The van der Waals surface area contributed by atoms with E-state index in [0.717, 1.165) is 37.7 Å². The molecule has 2 rings (SSSR count). The number of rotatable bonds is 7. The maximum absolute atomic E-state index is 4.81. The van der Waals surface area contributed by atoms with Crippen LogP contribution in [0.25, 0.3) is 0 Å². The van der Waals surface area contributed by atoms with Crippen LogP contribution in [0.15, 0.2) is 53.7 Å². The van der Waals surface area contributed by atoms with E-state index >= 15 is 0 Å². The summed E-state index contributed by atoms with van der Waals surface area (Å²) >= 11 is 0. The number of aliphatic imine (C=N–C) groups is 1. The number of aromatic nitrogens is 1. The highest BCUT2D eigenvalue weighted by atomic mass is 127. The van der Waals surface area contributed by atoms with Crippen LogP contribution in [0.4, 0.5) is 0 Å². The van der Waals surface area contributed by atoms with E-state index in [1.165, 1.54) is 11.1 Å². The van der Waals surface area contributed by atoms with Crippen molar-refractivity contribution >= 4 is 29.9 Å². The minimum absolute atomic E-state index is 0. The second-order valence-electron chi connectivity index (χ2n) is 6.89. The van der Waals surface area contributed by atoms with E-state index in [9.17, 15) is 0 Å². The molecule has 0 radical (unpaired) electrons. The van der Waals surface area contributed by atoms with E-state index in [0.29, 0.717) is 0 Å². The third-order valence-electron chi connectivity index (χ3n) is 4.25. The Morgan fingerprint density at radius 3 is 2.46 bits per heavy atom. The Bertz CT molecular complexity index is 683. The van der Waals surface area contributed by atoms with Crippen LogP contribution in [0, 0.1) is 6.92 Å². The van der Waals surface area contributed by atoms with Crippen LogP contribution in [-0.4, -0.2) is 30.6 Å². The molecule has 0 fully saturated rings. The number of halogens is 1. The fraction of sp³-hybridized carbons (Fsp3) is 0.429. The summed E-state index contributed by atoms with van der Waals surface area (Å²) in [7, 11) is 0. The highest BCUT2D eigenvalue weighted by molar-refractivity contribution is 14.0. The zero-order valence-electron chi connectivity index (χ0n) is 16.2. The first-order chi connectivity index (χ1) is 12.0. The molecule has 0 aliphatic rings. The third-order valence-corrected chi connectivity index (χ3v) is 4.25. The van der Waals surface area contributed by atoms with Gasteiger partial charge in [0, 0.05) is 36.8 Å². The van der Waals surface area contributed by atoms with Crippen LogP contribution < -0.4 is 10.6 Å². The summed E-state index contributed by atoms with van der Waals surface area (Å²) in [5, 5.41) is 6.73. The minimum atomic E-state index is -0.00528. The number of hydrogen-bond donors (Lipinski definition) is 2. The lowest BCUT2D eigenvalue weighted by molar-refractivity contribution is 0.534. The molecule has 0 aliphatic heterocycles. The second-order valence-corrected chi connectivity index (χ2v) is 6.89. The van der Waals surface area contributed by atoms with Crippen molar-refractivity contribution in [3.8, 4) is 0 Å². The van der Waals surface area contributed by atoms with Crippen LogP contribution in [-0.2, 0) is 11.8 Å². The van der Waals surface area contributed by atoms with Gasteiger partial charge < -0.3 is 10.6 Å². The summed E-state index contributed by atoms with van der Waals surface area (Å²) in [4.78, 5) is 9.16. The van der Waals surface area contributed by atoms with E-state index in [4.69, 9.17) is 4.99 Å². The summed E-state index contributed by atoms with van der Waals surface area (Å²) in [5.74, 6) is 0.861. The maximum Gasteiger partial charge on any atom is 0.191 e. The Labute approximate surface area is 174 Å². The van der Waals surface area contributed by atoms with Crippen molar-refractivity contribution in [3.63, 3.8) is 0 Å². The van der Waals surface area contributed by atoms with Crippen molar-refractivity contribution in [3.05, 3.63) is 65.5 Å². The van der Waals surface area contributed by atoms with Gasteiger partial charge in [-0.05, 0) is 37.1 Å². The molecule has 2 N–H and O–H groups in total. The smallest absolute Gasteiger partial charge is 0.191 e. The van der Waals surface area contributed by atoms with Gasteiger partial charge in [-0.2, -0.15) is 0 Å². The highest BCUT2D eigenvalue weighted by Gasteiger charge is 2.22. The molecule has 0 spiro atoms. The molecule has 142 valence electrons. The molecule has 0 bridgehead atoms. The Hall–Kier alpha value is -1.63. The van der Waals surface area contributed by atoms with Crippen LogP contribution >= 0.6 is 24.0 Å². The molecule has 0 aliphatic carbocycles. The average Bonchev–Trinajstić information content (AvgIpc) is 2.61. The number of guanidine groups is 1. The van der Waals surface area contributed by atoms with Gasteiger partial charge in [-0.25, -0.2) is 0 Å². The molecule has 0 saturated carbocycles. The number of nitrogens with one attached hydrogen (secondary N) is 2. The molecule has 1 aromatic heterocycles. The molecule has 0 saturated heterocycles. The summed E-state index contributed by atoms with van der Waals surface area (Å²) in [6, 6.07) is 14.6. The van der Waals surface area contributed by atoms with E-state index in [-0.39, 0.29) is 29.4 Å². The van der Waals surface area contributed by atoms with E-state index in [1.807, 2.05) is 24.4 Å². The van der Waals surface area contributed by atoms with Gasteiger partial charge in [0.25, 0.3) is 0 Å². The highest BCUT2D eigenvalue weighted by Crippen LogP contribution is 2.26. The van der Waals surface area contributed by atoms with Gasteiger partial charge in [-0.3, -0.25) is 9.98 Å². The lowest BCUT2D eigenvalue weighted by Crippen LogP contribution is -2.39. The Morgan fingerprint density at radius 2 is 1.81 bits per heavy atom. The maximum atomic E-state index is 4.81. The van der Waals surface area contributed by atoms with E-state index < -0.39 is 0 Å². The van der Waals surface area contributed by atoms with Gasteiger partial charge in [-0.1, -0.05) is 44.2 Å². The molecule has 1 aromatic carbocycles. The first-order valence-corrected chi connectivity index (χ1v) is 9.01. The monoisotopic (exact) mass is 466 g/mol. The first kappa shape index (κ1) is 22.4. The predicted octanol–water partition coefficient (Wildman–Crippen LogP) is 4.08. The van der Waals surface area contributed by atoms with Gasteiger partial charge in [0.2, 0.25) is 0 Å². The first-order valence-electron chi connectivity index (χ1n) is 9.01. The number of hydrogen-bond acceptors (Lipinski definition) is 2. The molecule has 2 aromatic rings. The van der Waals surface area contributed by atoms with Crippen molar-refractivity contribution < 1.29 is 0 Å². The Kier molecular flexibility index (Phi) is 9.62.